The fourth-order valence-electron chi connectivity index (χ4n) is 3.20. The highest BCUT2D eigenvalue weighted by Gasteiger charge is 2.30. The number of nitrogens with two attached hydrogens (primary N) is 1. The third-order valence-corrected chi connectivity index (χ3v) is 5.63. The van der Waals surface area contributed by atoms with Crippen molar-refractivity contribution in [3.05, 3.63) is 39.7 Å². The van der Waals surface area contributed by atoms with Gasteiger partial charge in [0, 0.05) is 12.1 Å². The molecule has 1 unspecified atom stereocenters. The Hall–Kier alpha value is -2.15. The van der Waals surface area contributed by atoms with Crippen molar-refractivity contribution >= 4 is 18.1 Å². The summed E-state index contributed by atoms with van der Waals surface area (Å²) in [5, 5.41) is 8.89. The summed E-state index contributed by atoms with van der Waals surface area (Å²) >= 11 is 1.24. The summed E-state index contributed by atoms with van der Waals surface area (Å²) in [4.78, 5) is 10.2. The lowest BCUT2D eigenvalue weighted by Gasteiger charge is -2.36. The van der Waals surface area contributed by atoms with Crippen molar-refractivity contribution in [2.24, 2.45) is 16.6 Å². The molecule has 0 saturated carbocycles. The maximum absolute atomic E-state index is 13.2. The van der Waals surface area contributed by atoms with Gasteiger partial charge < -0.3 is 10.5 Å². The highest BCUT2D eigenvalue weighted by atomic mass is 32.1. The topological polar surface area (TPSA) is 87.5 Å². The summed E-state index contributed by atoms with van der Waals surface area (Å²) in [5.74, 6) is 0.831. The quantitative estimate of drug-likeness (QED) is 0.290. The Morgan fingerprint density at radius 2 is 2.29 bits per heavy atom. The molecule has 2 rings (SSSR count). The van der Waals surface area contributed by atoms with Crippen LogP contribution in [0.4, 0.5) is 8.78 Å². The van der Waals surface area contributed by atoms with Gasteiger partial charge in [-0.2, -0.15) is 5.26 Å². The van der Waals surface area contributed by atoms with Crippen LogP contribution in [0, 0.1) is 17.2 Å². The van der Waals surface area contributed by atoms with Crippen molar-refractivity contribution in [1.29, 1.82) is 5.26 Å². The van der Waals surface area contributed by atoms with Gasteiger partial charge in [0.05, 0.1) is 35.3 Å². The number of aromatic nitrogens is 1. The summed E-state index contributed by atoms with van der Waals surface area (Å²) in [5.41, 5.74) is 7.73. The van der Waals surface area contributed by atoms with Crippen LogP contribution in [0.3, 0.4) is 0 Å². The van der Waals surface area contributed by atoms with Crippen molar-refractivity contribution in [3.8, 4) is 6.07 Å². The lowest BCUT2D eigenvalue weighted by molar-refractivity contribution is 0.0875. The molecule has 0 amide bonds. The molecule has 1 fully saturated rings. The molecule has 0 radical (unpaired) electrons. The van der Waals surface area contributed by atoms with E-state index in [0.29, 0.717) is 28.7 Å². The van der Waals surface area contributed by atoms with E-state index in [4.69, 9.17) is 15.7 Å². The van der Waals surface area contributed by atoms with Gasteiger partial charge >= 0.3 is 0 Å². The molecule has 2 N–H and O–H groups in total. The van der Waals surface area contributed by atoms with Gasteiger partial charge in [-0.25, -0.2) is 13.8 Å². The van der Waals surface area contributed by atoms with Crippen molar-refractivity contribution in [2.45, 2.75) is 32.2 Å². The molecule has 1 saturated heterocycles. The van der Waals surface area contributed by atoms with E-state index in [9.17, 15) is 8.78 Å². The zero-order valence-corrected chi connectivity index (χ0v) is 16.7. The van der Waals surface area contributed by atoms with E-state index in [1.165, 1.54) is 23.0 Å². The Balaban J connectivity index is 1.93. The van der Waals surface area contributed by atoms with Gasteiger partial charge in [-0.3, -0.25) is 9.89 Å². The lowest BCUT2D eigenvalue weighted by Crippen LogP contribution is -2.40. The zero-order chi connectivity index (χ0) is 20.5. The summed E-state index contributed by atoms with van der Waals surface area (Å²) in [6, 6.07) is 1.81. The van der Waals surface area contributed by atoms with Gasteiger partial charge in [-0.15, -0.1) is 11.3 Å². The van der Waals surface area contributed by atoms with Crippen molar-refractivity contribution < 1.29 is 13.5 Å². The normalized spacial score (nSPS) is 18.1. The fraction of sp³-hybridized carbons (Fsp3) is 0.526. The summed E-state index contributed by atoms with van der Waals surface area (Å²) in [6.07, 6.45) is 2.26. The van der Waals surface area contributed by atoms with Gasteiger partial charge in [-0.1, -0.05) is 0 Å². The largest absolute Gasteiger partial charge is 0.492 e. The van der Waals surface area contributed by atoms with Crippen LogP contribution in [0.5, 0.6) is 0 Å². The molecule has 152 valence electrons. The van der Waals surface area contributed by atoms with Crippen LogP contribution in [-0.2, 0) is 4.74 Å². The molecule has 1 atom stereocenters. The first-order chi connectivity index (χ1) is 13.5. The van der Waals surface area contributed by atoms with Gasteiger partial charge in [0.1, 0.15) is 11.5 Å². The van der Waals surface area contributed by atoms with Gasteiger partial charge in [0.15, 0.2) is 0 Å². The predicted molar refractivity (Wildman–Crippen MR) is 106 cm³/mol. The van der Waals surface area contributed by atoms with Gasteiger partial charge in [0.25, 0.3) is 6.43 Å². The average Bonchev–Trinajstić information content (AvgIpc) is 3.17. The number of likely N-dealkylation sites (tertiary alicyclic amines) is 1. The maximum atomic E-state index is 13.2. The third kappa shape index (κ3) is 5.92. The van der Waals surface area contributed by atoms with Crippen LogP contribution in [0.15, 0.2) is 34.1 Å². The van der Waals surface area contributed by atoms with E-state index in [2.05, 4.69) is 21.6 Å². The Morgan fingerprint density at radius 1 is 1.57 bits per heavy atom. The summed E-state index contributed by atoms with van der Waals surface area (Å²) in [7, 11) is 0. The number of ether oxygens (including phenoxy) is 1. The minimum atomic E-state index is -2.59. The standard InChI is InChI=1S/C19H25F2N5OS/c1-13(8-22)7-15(10-24-2)27-11-14-3-5-26(6-4-14)16(9-23)18-17(19(20)21)25-12-28-18/h7,10,12,14,16,19H,2-6,9,11,23H2,1H3/b13-7+,15-10+. The molecule has 0 bridgehead atoms. The molecule has 0 spiro atoms. The molecule has 1 aliphatic heterocycles. The number of hydrogen-bond donors (Lipinski definition) is 1. The predicted octanol–water partition coefficient (Wildman–Crippen LogP) is 3.82. The highest BCUT2D eigenvalue weighted by molar-refractivity contribution is 7.09. The Bertz CT molecular complexity index is 748. The van der Waals surface area contributed by atoms with Gasteiger partial charge in [0.2, 0.25) is 0 Å². The lowest BCUT2D eigenvalue weighted by atomic mass is 9.96. The number of thiazole rings is 1. The third-order valence-electron chi connectivity index (χ3n) is 4.69. The summed E-state index contributed by atoms with van der Waals surface area (Å²) in [6.45, 7) is 7.39. The van der Waals surface area contributed by atoms with Crippen LogP contribution < -0.4 is 5.73 Å². The monoisotopic (exact) mass is 409 g/mol. The van der Waals surface area contributed by atoms with E-state index in [0.717, 1.165) is 25.9 Å². The molecule has 9 heteroatoms. The van der Waals surface area contributed by atoms with Crippen molar-refractivity contribution in [2.75, 3.05) is 26.2 Å². The van der Waals surface area contributed by atoms with Crippen LogP contribution in [0.2, 0.25) is 0 Å². The first-order valence-electron chi connectivity index (χ1n) is 9.02. The van der Waals surface area contributed by atoms with Crippen LogP contribution in [-0.4, -0.2) is 42.8 Å². The van der Waals surface area contributed by atoms with Crippen LogP contribution in [0.25, 0.3) is 0 Å². The molecule has 2 heterocycles. The zero-order valence-electron chi connectivity index (χ0n) is 15.9. The number of rotatable bonds is 9. The summed E-state index contributed by atoms with van der Waals surface area (Å²) < 4.78 is 32.1. The number of halogens is 2. The van der Waals surface area contributed by atoms with Crippen LogP contribution >= 0.6 is 11.3 Å². The second-order valence-corrected chi connectivity index (χ2v) is 7.48. The number of nitriles is 1. The second-order valence-electron chi connectivity index (χ2n) is 6.60. The highest BCUT2D eigenvalue weighted by Crippen LogP contribution is 2.34. The maximum Gasteiger partial charge on any atom is 0.281 e. The molecule has 6 nitrogen and oxygen atoms in total. The molecule has 0 aliphatic carbocycles. The minimum Gasteiger partial charge on any atom is -0.492 e. The number of aliphatic imine (C=N–C) groups is 1. The SMILES string of the molecule is C=N/C=C(\C=C(/C)C#N)OCC1CCN(C(CN)c2scnc2C(F)F)CC1. The van der Waals surface area contributed by atoms with E-state index in [1.807, 2.05) is 6.07 Å². The fourth-order valence-corrected chi connectivity index (χ4v) is 4.14. The molecule has 0 aromatic carbocycles. The molecule has 1 aromatic rings. The molecule has 1 aromatic heterocycles. The number of allylic oxidation sites excluding steroid dienone is 2. The first-order valence-corrected chi connectivity index (χ1v) is 9.90. The first kappa shape index (κ1) is 22.1. The van der Waals surface area contributed by atoms with E-state index in [1.54, 1.807) is 13.0 Å². The molecule has 1 aliphatic rings. The number of nitrogens with zero attached hydrogens (tertiary/aromatic N) is 4. The van der Waals surface area contributed by atoms with Crippen molar-refractivity contribution in [1.82, 2.24) is 9.88 Å². The number of hydrogen-bond acceptors (Lipinski definition) is 7. The number of alkyl halides is 2. The van der Waals surface area contributed by atoms with Crippen LogP contribution in [0.1, 0.15) is 42.8 Å². The van der Waals surface area contributed by atoms with E-state index in [-0.39, 0.29) is 18.3 Å². The van der Waals surface area contributed by atoms with E-state index < -0.39 is 6.43 Å². The average molecular weight is 410 g/mol. The second kappa shape index (κ2) is 11.0. The molecule has 28 heavy (non-hydrogen) atoms. The Morgan fingerprint density at radius 3 is 2.86 bits per heavy atom. The molecular formula is C19H25F2N5OS. The molecular weight excluding hydrogens is 384 g/mol. The van der Waals surface area contributed by atoms with Gasteiger partial charge in [-0.05, 0) is 51.6 Å². The smallest absolute Gasteiger partial charge is 0.281 e. The minimum absolute atomic E-state index is 0.155. The Kier molecular flexibility index (Phi) is 8.70. The number of piperidine rings is 1. The van der Waals surface area contributed by atoms with E-state index >= 15 is 0 Å². The Labute approximate surface area is 168 Å². The van der Waals surface area contributed by atoms with Crippen molar-refractivity contribution in [3.63, 3.8) is 0 Å².